The third-order valence-corrected chi connectivity index (χ3v) is 11.2. The lowest BCUT2D eigenvalue weighted by Gasteiger charge is -2.28. The lowest BCUT2D eigenvalue weighted by atomic mass is 9.80. The number of nitrogens with zero attached hydrogens (tertiary/aromatic N) is 2. The standard InChI is InChI=1S/C21H40N2.C20H38.C10H16O.C2H6/c1-8-12-14-19(13-9-2)16-15-18(5)21(23(6)7)17-20(10-3)22-11-4;1-4-5-6-7-8-9-10-11-12-13-14-15-16-17-18-19-20(2)3;1-3-10(6-7-11)5-4-9(2)8-10;1-2/h10-11,19,21H,5,8-9,12-17H2,1-4,6-7H3;8-9H,2,4-7,10-19H2,1,3H3;4-5,7,9H,3,6,8H2,1-2H3;1-2H3/b20-10-,22-11?;9-8-;;. The maximum absolute atomic E-state index is 10.4. The molecule has 1 rings (SSSR count). The quantitative estimate of drug-likeness (QED) is 0.0304. The molecular formula is C53H100N2O. The highest BCUT2D eigenvalue weighted by Crippen LogP contribution is 2.40. The van der Waals surface area contributed by atoms with Crippen LogP contribution < -0.4 is 0 Å². The van der Waals surface area contributed by atoms with Gasteiger partial charge in [0, 0.05) is 30.8 Å². The highest BCUT2D eigenvalue weighted by Gasteiger charge is 2.30. The van der Waals surface area contributed by atoms with Crippen molar-refractivity contribution in [3.05, 3.63) is 60.4 Å². The van der Waals surface area contributed by atoms with Gasteiger partial charge in [0.15, 0.2) is 0 Å². The number of hydrogen-bond donors (Lipinski definition) is 0. The SMILES string of the molecule is C=C(C)CCCCCCCCCC/C=C\CCCCC.C=C(CCC(CCC)CCCC)C(C/C(=C/C)N=CC)N(C)C.CC.CCC1(CC=O)C=CC(C)C1. The molecule has 0 spiro atoms. The van der Waals surface area contributed by atoms with Gasteiger partial charge in [0.2, 0.25) is 0 Å². The van der Waals surface area contributed by atoms with Crippen LogP contribution in [0.4, 0.5) is 0 Å². The molecule has 4 atom stereocenters. The second kappa shape index (κ2) is 42.6. The van der Waals surface area contributed by atoms with Crippen molar-refractivity contribution in [1.29, 1.82) is 0 Å². The number of rotatable bonds is 31. The van der Waals surface area contributed by atoms with E-state index in [-0.39, 0.29) is 5.41 Å². The molecule has 3 nitrogen and oxygen atoms in total. The summed E-state index contributed by atoms with van der Waals surface area (Å²) in [6, 6.07) is 0.387. The Labute approximate surface area is 353 Å². The monoisotopic (exact) mass is 781 g/mol. The zero-order valence-corrected chi connectivity index (χ0v) is 40.2. The molecule has 0 aromatic heterocycles. The predicted molar refractivity (Wildman–Crippen MR) is 258 cm³/mol. The maximum atomic E-state index is 10.4. The predicted octanol–water partition coefficient (Wildman–Crippen LogP) is 17.4. The summed E-state index contributed by atoms with van der Waals surface area (Å²) in [4.78, 5) is 17.2. The zero-order valence-electron chi connectivity index (χ0n) is 40.2. The number of allylic oxidation sites excluding steroid dienone is 6. The number of likely N-dealkylation sites (N-methyl/N-ethyl adjacent to an activating group) is 1. The van der Waals surface area contributed by atoms with E-state index in [1.807, 2.05) is 27.0 Å². The van der Waals surface area contributed by atoms with E-state index in [1.165, 1.54) is 140 Å². The van der Waals surface area contributed by atoms with Crippen molar-refractivity contribution in [3.63, 3.8) is 0 Å². The Balaban J connectivity index is -0.000000772. The summed E-state index contributed by atoms with van der Waals surface area (Å²) in [6.45, 7) is 29.8. The Morgan fingerprint density at radius 2 is 1.38 bits per heavy atom. The second-order valence-electron chi connectivity index (χ2n) is 16.8. The molecule has 1 aliphatic carbocycles. The highest BCUT2D eigenvalue weighted by molar-refractivity contribution is 5.55. The normalized spacial score (nSPS) is 17.5. The molecule has 328 valence electrons. The van der Waals surface area contributed by atoms with Gasteiger partial charge in [0.05, 0.1) is 0 Å². The number of hydrogen-bond acceptors (Lipinski definition) is 3. The number of aliphatic imine (C=N–C) groups is 1. The Bertz CT molecular complexity index is 1020. The topological polar surface area (TPSA) is 32.7 Å². The van der Waals surface area contributed by atoms with Gasteiger partial charge in [0.25, 0.3) is 0 Å². The third kappa shape index (κ3) is 35.2. The first-order chi connectivity index (χ1) is 27.0. The summed E-state index contributed by atoms with van der Waals surface area (Å²) >= 11 is 0. The van der Waals surface area contributed by atoms with Crippen molar-refractivity contribution in [2.24, 2.45) is 22.2 Å². The van der Waals surface area contributed by atoms with Crippen LogP contribution in [-0.2, 0) is 4.79 Å². The first-order valence-electron chi connectivity index (χ1n) is 23.9. The van der Waals surface area contributed by atoms with Crippen LogP contribution in [0.1, 0.15) is 230 Å². The average molecular weight is 781 g/mol. The average Bonchev–Trinajstić information content (AvgIpc) is 3.57. The van der Waals surface area contributed by atoms with Gasteiger partial charge in [-0.3, -0.25) is 4.99 Å². The molecule has 0 fully saturated rings. The van der Waals surface area contributed by atoms with Gasteiger partial charge in [0.1, 0.15) is 6.29 Å². The fourth-order valence-corrected chi connectivity index (χ4v) is 7.56. The first-order valence-corrected chi connectivity index (χ1v) is 23.9. The van der Waals surface area contributed by atoms with E-state index in [9.17, 15) is 4.79 Å². The van der Waals surface area contributed by atoms with Gasteiger partial charge in [-0.1, -0.05) is 180 Å². The number of carbonyl (C=O) groups is 1. The molecule has 0 N–H and O–H groups in total. The van der Waals surface area contributed by atoms with Crippen LogP contribution in [0.2, 0.25) is 0 Å². The fraction of sp³-hybridized carbons (Fsp3) is 0.774. The summed E-state index contributed by atoms with van der Waals surface area (Å²) in [6.07, 6.45) is 46.5. The van der Waals surface area contributed by atoms with Crippen LogP contribution in [0.3, 0.4) is 0 Å². The number of unbranched alkanes of at least 4 members (excludes halogenated alkanes) is 12. The molecule has 56 heavy (non-hydrogen) atoms. The largest absolute Gasteiger partial charge is 0.303 e. The molecule has 4 unspecified atom stereocenters. The highest BCUT2D eigenvalue weighted by atomic mass is 16.1. The lowest BCUT2D eigenvalue weighted by molar-refractivity contribution is -0.109. The van der Waals surface area contributed by atoms with Gasteiger partial charge in [-0.15, -0.1) is 6.58 Å². The maximum Gasteiger partial charge on any atom is 0.120 e. The van der Waals surface area contributed by atoms with Gasteiger partial charge < -0.3 is 9.69 Å². The van der Waals surface area contributed by atoms with Crippen LogP contribution in [-0.4, -0.2) is 37.5 Å². The molecule has 0 amide bonds. The van der Waals surface area contributed by atoms with Crippen molar-refractivity contribution in [3.8, 4) is 0 Å². The van der Waals surface area contributed by atoms with Crippen molar-refractivity contribution >= 4 is 12.5 Å². The Hall–Kier alpha value is -2.00. The Kier molecular flexibility index (Phi) is 44.4. The fourth-order valence-electron chi connectivity index (χ4n) is 7.56. The van der Waals surface area contributed by atoms with Crippen molar-refractivity contribution in [2.45, 2.75) is 236 Å². The molecule has 0 saturated carbocycles. The Morgan fingerprint density at radius 3 is 1.82 bits per heavy atom. The van der Waals surface area contributed by atoms with Crippen molar-refractivity contribution in [1.82, 2.24) is 4.90 Å². The van der Waals surface area contributed by atoms with Crippen LogP contribution in [0.25, 0.3) is 0 Å². The van der Waals surface area contributed by atoms with E-state index in [4.69, 9.17) is 0 Å². The minimum Gasteiger partial charge on any atom is -0.303 e. The van der Waals surface area contributed by atoms with Crippen molar-refractivity contribution < 1.29 is 4.79 Å². The molecule has 0 radical (unpaired) electrons. The van der Waals surface area contributed by atoms with E-state index in [0.717, 1.165) is 43.6 Å². The van der Waals surface area contributed by atoms with Crippen LogP contribution in [0.5, 0.6) is 0 Å². The van der Waals surface area contributed by atoms with Crippen LogP contribution in [0, 0.1) is 17.3 Å². The van der Waals surface area contributed by atoms with Crippen LogP contribution >= 0.6 is 0 Å². The number of aldehydes is 1. The second-order valence-corrected chi connectivity index (χ2v) is 16.8. The summed E-state index contributed by atoms with van der Waals surface area (Å²) in [5, 5.41) is 0. The molecule has 0 saturated heterocycles. The molecule has 0 aromatic rings. The first kappa shape index (κ1) is 58.3. The summed E-state index contributed by atoms with van der Waals surface area (Å²) in [5.41, 5.74) is 4.07. The minimum atomic E-state index is 0.209. The van der Waals surface area contributed by atoms with E-state index in [2.05, 4.69) is 116 Å². The summed E-state index contributed by atoms with van der Waals surface area (Å²) in [7, 11) is 4.30. The zero-order chi connectivity index (χ0) is 42.9. The molecule has 1 aliphatic rings. The molecule has 0 heterocycles. The number of carbonyl (C=O) groups excluding carboxylic acids is 1. The van der Waals surface area contributed by atoms with Gasteiger partial charge in [-0.2, -0.15) is 0 Å². The molecule has 0 bridgehead atoms. The molecule has 0 aliphatic heterocycles. The molecular weight excluding hydrogens is 681 g/mol. The minimum absolute atomic E-state index is 0.209. The van der Waals surface area contributed by atoms with E-state index in [1.54, 1.807) is 0 Å². The third-order valence-electron chi connectivity index (χ3n) is 11.2. The van der Waals surface area contributed by atoms with E-state index >= 15 is 0 Å². The lowest BCUT2D eigenvalue weighted by Crippen LogP contribution is -2.30. The van der Waals surface area contributed by atoms with Gasteiger partial charge in [-0.25, -0.2) is 0 Å². The van der Waals surface area contributed by atoms with Gasteiger partial charge >= 0.3 is 0 Å². The van der Waals surface area contributed by atoms with E-state index < -0.39 is 0 Å². The van der Waals surface area contributed by atoms with Gasteiger partial charge in [-0.05, 0) is 116 Å². The van der Waals surface area contributed by atoms with Crippen molar-refractivity contribution in [2.75, 3.05) is 14.1 Å². The smallest absolute Gasteiger partial charge is 0.120 e. The summed E-state index contributed by atoms with van der Waals surface area (Å²) in [5.74, 6) is 1.53. The summed E-state index contributed by atoms with van der Waals surface area (Å²) < 4.78 is 0. The van der Waals surface area contributed by atoms with E-state index in [0.29, 0.717) is 18.4 Å². The Morgan fingerprint density at radius 1 is 0.804 bits per heavy atom. The molecule has 0 aromatic carbocycles. The molecule has 3 heteroatoms. The van der Waals surface area contributed by atoms with Crippen LogP contribution in [0.15, 0.2) is 65.4 Å².